The predicted octanol–water partition coefficient (Wildman–Crippen LogP) is 2.69. The number of hydrogen-bond donors (Lipinski definition) is 0. The summed E-state index contributed by atoms with van der Waals surface area (Å²) in [5.74, 6) is 2.09. The lowest BCUT2D eigenvalue weighted by Crippen LogP contribution is -2.45. The molecule has 2 fully saturated rings. The van der Waals surface area contributed by atoms with Crippen LogP contribution in [0.4, 0.5) is 5.82 Å². The Morgan fingerprint density at radius 3 is 2.54 bits per heavy atom. The number of carbonyl (C=O) groups excluding carboxylic acids is 1. The number of nitrogens with zero attached hydrogens (tertiary/aromatic N) is 5. The highest BCUT2D eigenvalue weighted by Crippen LogP contribution is 2.26. The predicted molar refractivity (Wildman–Crippen MR) is 101 cm³/mol. The zero-order chi connectivity index (χ0) is 17.9. The van der Waals surface area contributed by atoms with Crippen LogP contribution in [-0.4, -0.2) is 51.4 Å². The first-order valence-electron chi connectivity index (χ1n) is 9.57. The van der Waals surface area contributed by atoms with Crippen LogP contribution in [0, 0.1) is 0 Å². The molecule has 0 spiro atoms. The van der Waals surface area contributed by atoms with Crippen molar-refractivity contribution >= 4 is 11.7 Å². The number of likely N-dealkylation sites (tertiary alicyclic amines) is 1. The van der Waals surface area contributed by atoms with Gasteiger partial charge in [-0.2, -0.15) is 0 Å². The van der Waals surface area contributed by atoms with Gasteiger partial charge in [-0.15, -0.1) is 0 Å². The summed E-state index contributed by atoms with van der Waals surface area (Å²) in [7, 11) is 0. The number of aryl methyl sites for hydroxylation is 1. The summed E-state index contributed by atoms with van der Waals surface area (Å²) in [6, 6.07) is 6.40. The maximum absolute atomic E-state index is 12.0. The Morgan fingerprint density at radius 1 is 1.12 bits per heavy atom. The summed E-state index contributed by atoms with van der Waals surface area (Å²) < 4.78 is 0. The van der Waals surface area contributed by atoms with E-state index in [1.54, 1.807) is 12.4 Å². The smallest absolute Gasteiger partial charge is 0.222 e. The van der Waals surface area contributed by atoms with Crippen LogP contribution in [0.1, 0.15) is 38.3 Å². The molecule has 0 saturated carbocycles. The van der Waals surface area contributed by atoms with Gasteiger partial charge in [-0.05, 0) is 37.8 Å². The van der Waals surface area contributed by atoms with Crippen molar-refractivity contribution in [1.29, 1.82) is 0 Å². The highest BCUT2D eigenvalue weighted by molar-refractivity contribution is 5.78. The van der Waals surface area contributed by atoms with Gasteiger partial charge >= 0.3 is 0 Å². The molecule has 2 aromatic heterocycles. The van der Waals surface area contributed by atoms with Crippen LogP contribution in [0.2, 0.25) is 0 Å². The van der Waals surface area contributed by atoms with Gasteiger partial charge in [0.25, 0.3) is 0 Å². The molecule has 4 rings (SSSR count). The molecule has 2 saturated heterocycles. The van der Waals surface area contributed by atoms with E-state index in [-0.39, 0.29) is 0 Å². The molecule has 1 amide bonds. The van der Waals surface area contributed by atoms with Crippen LogP contribution in [0.25, 0.3) is 11.4 Å². The fourth-order valence-electron chi connectivity index (χ4n) is 3.92. The second kappa shape index (κ2) is 7.40. The normalized spacial score (nSPS) is 18.6. The maximum Gasteiger partial charge on any atom is 0.222 e. The average molecular weight is 351 g/mol. The molecule has 2 aliphatic rings. The van der Waals surface area contributed by atoms with Crippen molar-refractivity contribution in [2.45, 2.75) is 45.1 Å². The highest BCUT2D eigenvalue weighted by Gasteiger charge is 2.31. The molecule has 0 N–H and O–H groups in total. The molecule has 0 atom stereocenters. The maximum atomic E-state index is 12.0. The van der Waals surface area contributed by atoms with Gasteiger partial charge in [0.15, 0.2) is 5.82 Å². The third-order valence-electron chi connectivity index (χ3n) is 5.41. The molecule has 0 aliphatic carbocycles. The molecule has 0 radical (unpaired) electrons. The van der Waals surface area contributed by atoms with Crippen LogP contribution in [-0.2, 0) is 11.2 Å². The Morgan fingerprint density at radius 2 is 1.88 bits per heavy atom. The van der Waals surface area contributed by atoms with Gasteiger partial charge in [-0.3, -0.25) is 9.78 Å². The van der Waals surface area contributed by atoms with E-state index in [1.807, 2.05) is 12.1 Å². The minimum Gasteiger partial charge on any atom is -0.356 e. The lowest BCUT2D eigenvalue weighted by molar-refractivity contribution is -0.130. The molecule has 26 heavy (non-hydrogen) atoms. The van der Waals surface area contributed by atoms with E-state index in [2.05, 4.69) is 32.8 Å². The van der Waals surface area contributed by atoms with Crippen molar-refractivity contribution in [3.63, 3.8) is 0 Å². The van der Waals surface area contributed by atoms with Gasteiger partial charge in [-0.25, -0.2) is 9.97 Å². The van der Waals surface area contributed by atoms with Gasteiger partial charge < -0.3 is 9.80 Å². The molecule has 2 aliphatic heterocycles. The minimum absolute atomic E-state index is 0.332. The molecule has 136 valence electrons. The fraction of sp³-hybridized carbons (Fsp3) is 0.500. The first-order chi connectivity index (χ1) is 12.7. The second-order valence-electron chi connectivity index (χ2n) is 7.04. The van der Waals surface area contributed by atoms with Crippen molar-refractivity contribution in [2.24, 2.45) is 0 Å². The van der Waals surface area contributed by atoms with Crippen LogP contribution >= 0.6 is 0 Å². The van der Waals surface area contributed by atoms with Gasteiger partial charge in [0, 0.05) is 61.8 Å². The lowest BCUT2D eigenvalue weighted by atomic mass is 10.0. The first kappa shape index (κ1) is 16.9. The highest BCUT2D eigenvalue weighted by atomic mass is 16.2. The summed E-state index contributed by atoms with van der Waals surface area (Å²) in [6.45, 7) is 4.92. The fourth-order valence-corrected chi connectivity index (χ4v) is 3.92. The number of rotatable bonds is 4. The lowest BCUT2D eigenvalue weighted by Gasteiger charge is -2.37. The summed E-state index contributed by atoms with van der Waals surface area (Å²) in [5, 5.41) is 0. The molecule has 6 heteroatoms. The van der Waals surface area contributed by atoms with Crippen molar-refractivity contribution in [3.8, 4) is 11.4 Å². The van der Waals surface area contributed by atoms with Crippen molar-refractivity contribution in [3.05, 3.63) is 36.3 Å². The van der Waals surface area contributed by atoms with E-state index >= 15 is 0 Å². The number of amides is 1. The number of anilines is 1. The molecular formula is C20H25N5O. The number of pyridine rings is 1. The summed E-state index contributed by atoms with van der Waals surface area (Å²) in [4.78, 5) is 30.0. The largest absolute Gasteiger partial charge is 0.356 e. The van der Waals surface area contributed by atoms with E-state index in [0.29, 0.717) is 11.9 Å². The Bertz CT molecular complexity index is 771. The van der Waals surface area contributed by atoms with Crippen molar-refractivity contribution < 1.29 is 4.79 Å². The van der Waals surface area contributed by atoms with Gasteiger partial charge in [0.05, 0.1) is 0 Å². The van der Waals surface area contributed by atoms with E-state index in [1.165, 1.54) is 0 Å². The number of carbonyl (C=O) groups is 1. The van der Waals surface area contributed by atoms with E-state index in [0.717, 1.165) is 74.6 Å². The number of hydrogen-bond acceptors (Lipinski definition) is 5. The second-order valence-corrected chi connectivity index (χ2v) is 7.04. The Balaban J connectivity index is 1.52. The van der Waals surface area contributed by atoms with Crippen LogP contribution in [0.15, 0.2) is 30.6 Å². The molecule has 6 nitrogen and oxygen atoms in total. The number of piperidine rings is 1. The Kier molecular flexibility index (Phi) is 4.82. The zero-order valence-electron chi connectivity index (χ0n) is 15.3. The average Bonchev–Trinajstić information content (AvgIpc) is 3.14. The standard InChI is InChI=1S/C20H25N5O/c1-2-16-14-18(23-20(22-16)15-5-9-21-10-6-15)24-12-7-17(8-13-24)25-11-3-4-19(25)26/h5-6,9-10,14,17H,2-4,7-8,11-13H2,1H3. The summed E-state index contributed by atoms with van der Waals surface area (Å²) in [6.07, 6.45) is 8.20. The molecule has 0 unspecified atom stereocenters. The Labute approximate surface area is 154 Å². The third kappa shape index (κ3) is 3.41. The van der Waals surface area contributed by atoms with Gasteiger partial charge in [-0.1, -0.05) is 6.92 Å². The van der Waals surface area contributed by atoms with Crippen molar-refractivity contribution in [2.75, 3.05) is 24.5 Å². The molecular weight excluding hydrogens is 326 g/mol. The molecule has 2 aromatic rings. The van der Waals surface area contributed by atoms with E-state index in [4.69, 9.17) is 4.98 Å². The zero-order valence-corrected chi connectivity index (χ0v) is 15.3. The quantitative estimate of drug-likeness (QED) is 0.847. The SMILES string of the molecule is CCc1cc(N2CCC(N3CCCC3=O)CC2)nc(-c2ccncc2)n1. The monoisotopic (exact) mass is 351 g/mol. The molecule has 0 bridgehead atoms. The van der Waals surface area contributed by atoms with Crippen LogP contribution in [0.5, 0.6) is 0 Å². The Hall–Kier alpha value is -2.50. The summed E-state index contributed by atoms with van der Waals surface area (Å²) in [5.41, 5.74) is 2.05. The molecule has 0 aromatic carbocycles. The van der Waals surface area contributed by atoms with Crippen LogP contribution in [0.3, 0.4) is 0 Å². The third-order valence-corrected chi connectivity index (χ3v) is 5.41. The topological polar surface area (TPSA) is 62.2 Å². The van der Waals surface area contributed by atoms with Gasteiger partial charge in [0.1, 0.15) is 5.82 Å². The minimum atomic E-state index is 0.332. The first-order valence-corrected chi connectivity index (χ1v) is 9.57. The van der Waals surface area contributed by atoms with E-state index in [9.17, 15) is 4.79 Å². The summed E-state index contributed by atoms with van der Waals surface area (Å²) >= 11 is 0. The molecule has 4 heterocycles. The van der Waals surface area contributed by atoms with Gasteiger partial charge in [0.2, 0.25) is 5.91 Å². The van der Waals surface area contributed by atoms with Crippen molar-refractivity contribution in [1.82, 2.24) is 19.9 Å². The number of aromatic nitrogens is 3. The van der Waals surface area contributed by atoms with Crippen LogP contribution < -0.4 is 4.90 Å². The van der Waals surface area contributed by atoms with E-state index < -0.39 is 0 Å².